The number of aliphatic carboxylic acids is 1. The number of piperidine rings is 1. The van der Waals surface area contributed by atoms with Gasteiger partial charge in [-0.2, -0.15) is 0 Å². The number of urea groups is 1. The van der Waals surface area contributed by atoms with E-state index in [1.807, 2.05) is 18.7 Å². The highest BCUT2D eigenvalue weighted by atomic mass is 16.5. The maximum atomic E-state index is 12.8. The summed E-state index contributed by atoms with van der Waals surface area (Å²) in [6.07, 6.45) is 3.61. The Labute approximate surface area is 127 Å². The summed E-state index contributed by atoms with van der Waals surface area (Å²) in [6, 6.07) is -0.106. The first-order chi connectivity index (χ1) is 10.0. The topological polar surface area (TPSA) is 70.1 Å². The Morgan fingerprint density at radius 1 is 1.43 bits per heavy atom. The Balaban J connectivity index is 2.80. The highest BCUT2D eigenvalue weighted by molar-refractivity contribution is 5.76. The van der Waals surface area contributed by atoms with Crippen LogP contribution in [-0.4, -0.2) is 65.8 Å². The van der Waals surface area contributed by atoms with Crippen LogP contribution in [0.4, 0.5) is 4.79 Å². The molecule has 0 aromatic heterocycles. The minimum Gasteiger partial charge on any atom is -0.481 e. The molecule has 0 bridgehead atoms. The Bertz CT molecular complexity index is 349. The van der Waals surface area contributed by atoms with Gasteiger partial charge in [0, 0.05) is 32.3 Å². The molecule has 2 amide bonds. The van der Waals surface area contributed by atoms with Crippen molar-refractivity contribution >= 4 is 12.0 Å². The third kappa shape index (κ3) is 5.19. The van der Waals surface area contributed by atoms with Crippen molar-refractivity contribution in [1.82, 2.24) is 9.80 Å². The number of amides is 2. The lowest BCUT2D eigenvalue weighted by Gasteiger charge is -2.40. The summed E-state index contributed by atoms with van der Waals surface area (Å²) in [5.74, 6) is -0.841. The van der Waals surface area contributed by atoms with Gasteiger partial charge >= 0.3 is 12.0 Å². The van der Waals surface area contributed by atoms with Crippen molar-refractivity contribution in [2.45, 2.75) is 58.0 Å². The molecule has 0 spiro atoms. The summed E-state index contributed by atoms with van der Waals surface area (Å²) in [4.78, 5) is 27.4. The number of nitrogens with zero attached hydrogens (tertiary/aromatic N) is 2. The molecule has 6 heteroatoms. The van der Waals surface area contributed by atoms with E-state index >= 15 is 0 Å². The first-order valence-electron chi connectivity index (χ1n) is 7.79. The van der Waals surface area contributed by atoms with Crippen molar-refractivity contribution in [2.24, 2.45) is 0 Å². The molecule has 21 heavy (non-hydrogen) atoms. The van der Waals surface area contributed by atoms with E-state index in [0.717, 1.165) is 25.7 Å². The fourth-order valence-electron chi connectivity index (χ4n) is 2.75. The summed E-state index contributed by atoms with van der Waals surface area (Å²) in [5, 5.41) is 9.03. The van der Waals surface area contributed by atoms with Gasteiger partial charge in [0.2, 0.25) is 0 Å². The van der Waals surface area contributed by atoms with Gasteiger partial charge in [0.1, 0.15) is 0 Å². The fourth-order valence-corrected chi connectivity index (χ4v) is 2.75. The third-order valence-electron chi connectivity index (χ3n) is 4.19. The highest BCUT2D eigenvalue weighted by Crippen LogP contribution is 2.22. The number of carbonyl (C=O) groups excluding carboxylic acids is 1. The molecule has 2 unspecified atom stereocenters. The molecule has 0 aromatic carbocycles. The Hall–Kier alpha value is -1.30. The lowest BCUT2D eigenvalue weighted by Crippen LogP contribution is -2.53. The number of rotatable bonds is 7. The van der Waals surface area contributed by atoms with Gasteiger partial charge in [-0.3, -0.25) is 4.79 Å². The van der Waals surface area contributed by atoms with Crippen LogP contribution in [0.1, 0.15) is 46.0 Å². The number of methoxy groups -OCH3 is 1. The molecule has 1 heterocycles. The van der Waals surface area contributed by atoms with E-state index in [9.17, 15) is 9.59 Å². The van der Waals surface area contributed by atoms with Crippen molar-refractivity contribution in [3.63, 3.8) is 0 Å². The number of carboxylic acids is 1. The fraction of sp³-hybridized carbons (Fsp3) is 0.867. The SMILES string of the molecule is CCC(C)N(CCOC)C(=O)N1CCCCC1CC(=O)O. The molecule has 1 N–H and O–H groups in total. The molecule has 0 aromatic rings. The van der Waals surface area contributed by atoms with Gasteiger partial charge in [-0.1, -0.05) is 6.92 Å². The summed E-state index contributed by atoms with van der Waals surface area (Å²) < 4.78 is 5.09. The molecule has 1 rings (SSSR count). The van der Waals surface area contributed by atoms with Gasteiger partial charge in [0.15, 0.2) is 0 Å². The molecule has 0 aliphatic carbocycles. The minimum absolute atomic E-state index is 0.0321. The third-order valence-corrected chi connectivity index (χ3v) is 4.19. The number of likely N-dealkylation sites (tertiary alicyclic amines) is 1. The zero-order chi connectivity index (χ0) is 15.8. The summed E-state index contributed by atoms with van der Waals surface area (Å²) >= 11 is 0. The van der Waals surface area contributed by atoms with Crippen LogP contribution < -0.4 is 0 Å². The molecule has 1 aliphatic heterocycles. The quantitative estimate of drug-likeness (QED) is 0.782. The largest absolute Gasteiger partial charge is 0.481 e. The minimum atomic E-state index is -0.841. The second-order valence-electron chi connectivity index (χ2n) is 5.67. The van der Waals surface area contributed by atoms with Gasteiger partial charge in [0.25, 0.3) is 0 Å². The van der Waals surface area contributed by atoms with E-state index in [2.05, 4.69) is 0 Å². The molecular weight excluding hydrogens is 272 g/mol. The van der Waals surface area contributed by atoms with Gasteiger partial charge in [-0.15, -0.1) is 0 Å². The number of hydrogen-bond donors (Lipinski definition) is 1. The van der Waals surface area contributed by atoms with E-state index in [4.69, 9.17) is 9.84 Å². The van der Waals surface area contributed by atoms with Crippen LogP contribution in [0.3, 0.4) is 0 Å². The van der Waals surface area contributed by atoms with E-state index in [0.29, 0.717) is 19.7 Å². The molecule has 1 saturated heterocycles. The summed E-state index contributed by atoms with van der Waals surface area (Å²) in [6.45, 7) is 5.75. The Kier molecular flexibility index (Phi) is 7.50. The highest BCUT2D eigenvalue weighted by Gasteiger charge is 2.32. The lowest BCUT2D eigenvalue weighted by molar-refractivity contribution is -0.138. The monoisotopic (exact) mass is 300 g/mol. The zero-order valence-electron chi connectivity index (χ0n) is 13.4. The predicted molar refractivity (Wildman–Crippen MR) is 80.3 cm³/mol. The molecule has 0 saturated carbocycles. The Morgan fingerprint density at radius 2 is 2.14 bits per heavy atom. The smallest absolute Gasteiger partial charge is 0.320 e. The predicted octanol–water partition coefficient (Wildman–Crippen LogP) is 2.18. The second kappa shape index (κ2) is 8.87. The zero-order valence-corrected chi connectivity index (χ0v) is 13.4. The average molecular weight is 300 g/mol. The van der Waals surface area contributed by atoms with Crippen molar-refractivity contribution < 1.29 is 19.4 Å². The van der Waals surface area contributed by atoms with E-state index < -0.39 is 5.97 Å². The van der Waals surface area contributed by atoms with Crippen LogP contribution >= 0.6 is 0 Å². The molecule has 122 valence electrons. The van der Waals surface area contributed by atoms with Crippen LogP contribution in [0.25, 0.3) is 0 Å². The summed E-state index contributed by atoms with van der Waals surface area (Å²) in [7, 11) is 1.62. The average Bonchev–Trinajstić information content (AvgIpc) is 2.47. The van der Waals surface area contributed by atoms with Crippen LogP contribution in [0, 0.1) is 0 Å². The van der Waals surface area contributed by atoms with Crippen molar-refractivity contribution in [3.05, 3.63) is 0 Å². The molecular formula is C15H28N2O4. The molecule has 6 nitrogen and oxygen atoms in total. The second-order valence-corrected chi connectivity index (χ2v) is 5.67. The normalized spacial score (nSPS) is 20.1. The van der Waals surface area contributed by atoms with Crippen molar-refractivity contribution in [1.29, 1.82) is 0 Å². The van der Waals surface area contributed by atoms with Crippen LogP contribution in [0.15, 0.2) is 0 Å². The molecule has 0 radical (unpaired) electrons. The van der Waals surface area contributed by atoms with Gasteiger partial charge in [-0.25, -0.2) is 4.79 Å². The van der Waals surface area contributed by atoms with Crippen molar-refractivity contribution in [3.8, 4) is 0 Å². The van der Waals surface area contributed by atoms with E-state index in [1.165, 1.54) is 0 Å². The van der Waals surface area contributed by atoms with E-state index in [1.54, 1.807) is 12.0 Å². The lowest BCUT2D eigenvalue weighted by atomic mass is 9.99. The maximum absolute atomic E-state index is 12.8. The van der Waals surface area contributed by atoms with Gasteiger partial charge in [-0.05, 0) is 32.6 Å². The number of hydrogen-bond acceptors (Lipinski definition) is 3. The molecule has 2 atom stereocenters. The number of carbonyl (C=O) groups is 2. The van der Waals surface area contributed by atoms with Crippen LogP contribution in [0.5, 0.6) is 0 Å². The summed E-state index contributed by atoms with van der Waals surface area (Å²) in [5.41, 5.74) is 0. The van der Waals surface area contributed by atoms with E-state index in [-0.39, 0.29) is 24.5 Å². The first kappa shape index (κ1) is 17.8. The standard InChI is InChI=1S/C15H28N2O4/c1-4-12(2)16(9-10-21-3)15(20)17-8-6-5-7-13(17)11-14(18)19/h12-13H,4-11H2,1-3H3,(H,18,19). The molecule has 1 aliphatic rings. The van der Waals surface area contributed by atoms with Gasteiger partial charge < -0.3 is 19.6 Å². The van der Waals surface area contributed by atoms with Crippen LogP contribution in [-0.2, 0) is 9.53 Å². The first-order valence-corrected chi connectivity index (χ1v) is 7.79. The number of ether oxygens (including phenoxy) is 1. The Morgan fingerprint density at radius 3 is 2.71 bits per heavy atom. The van der Waals surface area contributed by atoms with Crippen LogP contribution in [0.2, 0.25) is 0 Å². The van der Waals surface area contributed by atoms with Crippen molar-refractivity contribution in [2.75, 3.05) is 26.8 Å². The molecule has 1 fully saturated rings. The number of carboxylic acid groups (broad SMARTS) is 1. The van der Waals surface area contributed by atoms with Gasteiger partial charge in [0.05, 0.1) is 13.0 Å². The maximum Gasteiger partial charge on any atom is 0.320 e.